The van der Waals surface area contributed by atoms with Crippen molar-refractivity contribution in [2.75, 3.05) is 19.4 Å². The van der Waals surface area contributed by atoms with E-state index in [2.05, 4.69) is 11.4 Å². The number of rotatable bonds is 7. The van der Waals surface area contributed by atoms with Gasteiger partial charge in [0, 0.05) is 13.0 Å². The number of hydrogen-bond acceptors (Lipinski definition) is 5. The minimum Gasteiger partial charge on any atom is -0.497 e. The Kier molecular flexibility index (Phi) is 7.77. The molecule has 32 heavy (non-hydrogen) atoms. The van der Waals surface area contributed by atoms with Crippen LogP contribution in [0.1, 0.15) is 44.1 Å². The molecule has 0 radical (unpaired) electrons. The van der Waals surface area contributed by atoms with E-state index in [9.17, 15) is 4.79 Å². The summed E-state index contributed by atoms with van der Waals surface area (Å²) in [5.74, 6) is 1.22. The Labute approximate surface area is 194 Å². The van der Waals surface area contributed by atoms with Crippen LogP contribution >= 0.6 is 11.8 Å². The van der Waals surface area contributed by atoms with Gasteiger partial charge in [-0.05, 0) is 74.1 Å². The van der Waals surface area contributed by atoms with Crippen molar-refractivity contribution < 1.29 is 9.53 Å². The maximum atomic E-state index is 12.4. The Morgan fingerprint density at radius 1 is 1.06 bits per heavy atom. The van der Waals surface area contributed by atoms with Crippen molar-refractivity contribution in [1.82, 2.24) is 5.32 Å². The lowest BCUT2D eigenvalue weighted by Crippen LogP contribution is -2.27. The predicted molar refractivity (Wildman–Crippen MR) is 134 cm³/mol. The fourth-order valence-corrected chi connectivity index (χ4v) is 4.68. The van der Waals surface area contributed by atoms with Gasteiger partial charge >= 0.3 is 0 Å². The van der Waals surface area contributed by atoms with E-state index >= 15 is 0 Å². The van der Waals surface area contributed by atoms with Gasteiger partial charge < -0.3 is 10.1 Å². The van der Waals surface area contributed by atoms with Gasteiger partial charge in [0.1, 0.15) is 5.75 Å². The van der Waals surface area contributed by atoms with Gasteiger partial charge in [-0.15, -0.1) is 11.8 Å². The predicted octanol–water partition coefficient (Wildman–Crippen LogP) is 5.99. The van der Waals surface area contributed by atoms with E-state index in [0.717, 1.165) is 39.9 Å². The van der Waals surface area contributed by atoms with Crippen molar-refractivity contribution in [3.63, 3.8) is 0 Å². The average molecular weight is 448 g/mol. The summed E-state index contributed by atoms with van der Waals surface area (Å²) in [6, 6.07) is 15.8. The van der Waals surface area contributed by atoms with E-state index in [4.69, 9.17) is 14.7 Å². The third-order valence-electron chi connectivity index (χ3n) is 5.65. The lowest BCUT2D eigenvalue weighted by atomic mass is 9.97. The number of methoxy groups -OCH3 is 1. The molecule has 1 aliphatic carbocycles. The number of carbonyl (C=O) groups is 1. The van der Waals surface area contributed by atoms with Crippen LogP contribution in [0.5, 0.6) is 5.75 Å². The largest absolute Gasteiger partial charge is 0.497 e. The van der Waals surface area contributed by atoms with Gasteiger partial charge in [-0.1, -0.05) is 23.8 Å². The van der Waals surface area contributed by atoms with Crippen LogP contribution in [-0.2, 0) is 4.79 Å². The molecule has 166 valence electrons. The molecule has 0 bridgehead atoms. The van der Waals surface area contributed by atoms with E-state index in [1.165, 1.54) is 43.0 Å². The number of amides is 1. The first-order chi connectivity index (χ1) is 15.7. The van der Waals surface area contributed by atoms with E-state index in [0.29, 0.717) is 18.7 Å². The number of hydrogen-bond donors (Lipinski definition) is 1. The number of aliphatic imine (C=N–C) groups is 2. The maximum absolute atomic E-state index is 12.4. The topological polar surface area (TPSA) is 63.1 Å². The molecular weight excluding hydrogens is 418 g/mol. The number of para-hydroxylation sites is 2. The summed E-state index contributed by atoms with van der Waals surface area (Å²) in [6.45, 7) is 0.707. The molecule has 0 atom stereocenters. The number of benzene rings is 2. The molecule has 2 aromatic rings. The fourth-order valence-electron chi connectivity index (χ4n) is 3.88. The highest BCUT2D eigenvalue weighted by Crippen LogP contribution is 2.33. The van der Waals surface area contributed by atoms with Crippen molar-refractivity contribution in [2.45, 2.75) is 38.5 Å². The molecule has 0 aromatic heterocycles. The van der Waals surface area contributed by atoms with Gasteiger partial charge in [-0.3, -0.25) is 9.79 Å². The summed E-state index contributed by atoms with van der Waals surface area (Å²) in [7, 11) is 1.66. The first kappa shape index (κ1) is 22.3. The Morgan fingerprint density at radius 3 is 2.56 bits per heavy atom. The molecule has 1 heterocycles. The highest BCUT2D eigenvalue weighted by molar-refractivity contribution is 8.14. The summed E-state index contributed by atoms with van der Waals surface area (Å²) in [6.07, 6.45) is 8.80. The highest BCUT2D eigenvalue weighted by atomic mass is 32.2. The lowest BCUT2D eigenvalue weighted by molar-refractivity contribution is -0.118. The number of carbonyl (C=O) groups excluding carboxylic acids is 1. The van der Waals surface area contributed by atoms with Crippen LogP contribution in [0.4, 0.5) is 11.4 Å². The summed E-state index contributed by atoms with van der Waals surface area (Å²) in [4.78, 5) is 22.1. The van der Waals surface area contributed by atoms with Crippen molar-refractivity contribution in [3.05, 3.63) is 65.7 Å². The van der Waals surface area contributed by atoms with Crippen LogP contribution in [0, 0.1) is 0 Å². The number of fused-ring (bicyclic) bond motifs is 1. The average Bonchev–Trinajstić information content (AvgIpc) is 3.03. The zero-order valence-corrected chi connectivity index (χ0v) is 19.3. The molecule has 2 aromatic carbocycles. The third kappa shape index (κ3) is 6.10. The van der Waals surface area contributed by atoms with Crippen molar-refractivity contribution in [3.8, 4) is 5.75 Å². The highest BCUT2D eigenvalue weighted by Gasteiger charge is 2.17. The minimum atomic E-state index is 0.0505. The number of allylic oxidation sites excluding steroid dienone is 1. The number of nitrogens with zero attached hydrogens (tertiary/aromatic N) is 2. The Bertz CT molecular complexity index is 1040. The van der Waals surface area contributed by atoms with E-state index in [1.54, 1.807) is 7.11 Å². The van der Waals surface area contributed by atoms with Gasteiger partial charge in [0.25, 0.3) is 0 Å². The zero-order chi connectivity index (χ0) is 22.2. The van der Waals surface area contributed by atoms with Gasteiger partial charge in [-0.2, -0.15) is 0 Å². The van der Waals surface area contributed by atoms with Crippen LogP contribution in [0.2, 0.25) is 0 Å². The smallest absolute Gasteiger partial charge is 0.230 e. The first-order valence-corrected chi connectivity index (χ1v) is 12.2. The molecule has 1 N–H and O–H groups in total. The van der Waals surface area contributed by atoms with E-state index in [-0.39, 0.29) is 5.91 Å². The molecule has 0 fully saturated rings. The van der Waals surface area contributed by atoms with E-state index < -0.39 is 0 Å². The second-order valence-corrected chi connectivity index (χ2v) is 9.00. The second-order valence-electron chi connectivity index (χ2n) is 7.95. The van der Waals surface area contributed by atoms with Crippen LogP contribution in [0.25, 0.3) is 0 Å². The van der Waals surface area contributed by atoms with Crippen molar-refractivity contribution >= 4 is 39.8 Å². The van der Waals surface area contributed by atoms with Crippen molar-refractivity contribution in [1.29, 1.82) is 0 Å². The normalized spacial score (nSPS) is 15.6. The number of nitrogens with one attached hydrogen (secondary N) is 1. The maximum Gasteiger partial charge on any atom is 0.230 e. The Morgan fingerprint density at radius 2 is 1.84 bits per heavy atom. The standard InChI is InChI=1S/C26H29N3O2S/c1-31-21-13-11-20(12-14-21)24-17-26(29-23-10-6-5-9-22(23)28-24)32-18-25(30)27-16-15-19-7-3-2-4-8-19/h5-7,9-14H,2-4,8,15-18H2,1H3,(H,27,30). The fraction of sp³-hybridized carbons (Fsp3) is 0.346. The van der Waals surface area contributed by atoms with E-state index in [1.807, 2.05) is 48.5 Å². The molecule has 5 nitrogen and oxygen atoms in total. The van der Waals surface area contributed by atoms with Crippen LogP contribution < -0.4 is 10.1 Å². The molecule has 4 rings (SSSR count). The lowest BCUT2D eigenvalue weighted by Gasteiger charge is -2.13. The summed E-state index contributed by atoms with van der Waals surface area (Å²) in [5.41, 5.74) is 5.13. The van der Waals surface area contributed by atoms with Crippen LogP contribution in [0.3, 0.4) is 0 Å². The molecule has 0 unspecified atom stereocenters. The summed E-state index contributed by atoms with van der Waals surface area (Å²) in [5, 5.41) is 3.96. The second kappa shape index (κ2) is 11.1. The minimum absolute atomic E-state index is 0.0505. The third-order valence-corrected chi connectivity index (χ3v) is 6.62. The quantitative estimate of drug-likeness (QED) is 0.530. The summed E-state index contributed by atoms with van der Waals surface area (Å²) >= 11 is 1.49. The SMILES string of the molecule is COc1ccc(C2=Nc3ccccc3N=C(SCC(=O)NCCC3=CCCCC3)C2)cc1. The number of thioether (sulfide) groups is 1. The zero-order valence-electron chi connectivity index (χ0n) is 18.5. The molecule has 1 amide bonds. The van der Waals surface area contributed by atoms with Crippen molar-refractivity contribution in [2.24, 2.45) is 9.98 Å². The summed E-state index contributed by atoms with van der Waals surface area (Å²) < 4.78 is 5.28. The molecule has 1 aliphatic heterocycles. The molecule has 6 heteroatoms. The molecule has 0 saturated carbocycles. The van der Waals surface area contributed by atoms with Gasteiger partial charge in [0.2, 0.25) is 5.91 Å². The van der Waals surface area contributed by atoms with Gasteiger partial charge in [-0.25, -0.2) is 4.99 Å². The molecule has 2 aliphatic rings. The van der Waals surface area contributed by atoms with Crippen LogP contribution in [-0.4, -0.2) is 36.1 Å². The Balaban J connectivity index is 1.40. The number of ether oxygens (including phenoxy) is 1. The first-order valence-electron chi connectivity index (χ1n) is 11.2. The van der Waals surface area contributed by atoms with Gasteiger partial charge in [0.05, 0.1) is 35.0 Å². The molecule has 0 spiro atoms. The molecule has 0 saturated heterocycles. The Hall–Kier alpha value is -2.86. The van der Waals surface area contributed by atoms with Gasteiger partial charge in [0.15, 0.2) is 0 Å². The van der Waals surface area contributed by atoms with Crippen LogP contribution in [0.15, 0.2) is 70.2 Å². The monoisotopic (exact) mass is 447 g/mol. The molecular formula is C26H29N3O2S.